The Hall–Kier alpha value is -1.78. The Balaban J connectivity index is 2.27. The summed E-state index contributed by atoms with van der Waals surface area (Å²) in [5, 5.41) is 0. The zero-order valence-corrected chi connectivity index (χ0v) is 14.0. The second-order valence-corrected chi connectivity index (χ2v) is 6.71. The summed E-state index contributed by atoms with van der Waals surface area (Å²) >= 11 is 0. The van der Waals surface area contributed by atoms with Gasteiger partial charge >= 0.3 is 5.97 Å². The maximum Gasteiger partial charge on any atom is 0.330 e. The largest absolute Gasteiger partial charge is 0.466 e. The van der Waals surface area contributed by atoms with Gasteiger partial charge in [0.05, 0.1) is 7.11 Å². The maximum atomic E-state index is 14.2. The van der Waals surface area contributed by atoms with E-state index in [0.29, 0.717) is 0 Å². The minimum atomic E-state index is -1.12. The highest BCUT2D eigenvalue weighted by atomic mass is 19.2. The smallest absolute Gasteiger partial charge is 0.330 e. The fraction of sp³-hybridized carbons (Fsp3) is 0.500. The standard InChI is InChI=1S/C18H21F3O2/c1-9-11(17(21)16(20)10(2)15(9)19)8-13-12(18(13,3)4)6-7-14(22)23-5/h6-7,12-13H,8H2,1-5H3/b7-6-/t12-,13+/m0/s1. The van der Waals surface area contributed by atoms with Crippen LogP contribution >= 0.6 is 0 Å². The molecule has 1 aliphatic carbocycles. The van der Waals surface area contributed by atoms with E-state index >= 15 is 0 Å². The molecule has 1 aromatic carbocycles. The highest BCUT2D eigenvalue weighted by Gasteiger charge is 2.56. The lowest BCUT2D eigenvalue weighted by Crippen LogP contribution is -2.07. The first-order valence-electron chi connectivity index (χ1n) is 7.51. The monoisotopic (exact) mass is 326 g/mol. The molecule has 126 valence electrons. The molecule has 1 saturated carbocycles. The zero-order valence-electron chi connectivity index (χ0n) is 14.0. The predicted molar refractivity (Wildman–Crippen MR) is 81.4 cm³/mol. The number of hydrogen-bond acceptors (Lipinski definition) is 2. The first-order chi connectivity index (χ1) is 10.6. The van der Waals surface area contributed by atoms with Crippen molar-refractivity contribution in [1.82, 2.24) is 0 Å². The summed E-state index contributed by atoms with van der Waals surface area (Å²) in [5.41, 5.74) is -0.222. The molecular formula is C18H21F3O2. The molecule has 0 unspecified atom stereocenters. The number of methoxy groups -OCH3 is 1. The van der Waals surface area contributed by atoms with Crippen molar-refractivity contribution < 1.29 is 22.7 Å². The molecule has 0 bridgehead atoms. The van der Waals surface area contributed by atoms with Crippen molar-refractivity contribution in [2.45, 2.75) is 34.1 Å². The second kappa shape index (κ2) is 6.02. The Kier molecular flexibility index (Phi) is 4.60. The Labute approximate surface area is 134 Å². The van der Waals surface area contributed by atoms with Gasteiger partial charge in [-0.15, -0.1) is 0 Å². The molecule has 23 heavy (non-hydrogen) atoms. The molecule has 2 nitrogen and oxygen atoms in total. The molecule has 0 aliphatic heterocycles. The number of allylic oxidation sites excluding steroid dienone is 1. The molecule has 0 N–H and O–H groups in total. The molecule has 2 rings (SSSR count). The quantitative estimate of drug-likeness (QED) is 0.469. The third-order valence-corrected chi connectivity index (χ3v) is 5.10. The van der Waals surface area contributed by atoms with Crippen molar-refractivity contribution in [2.75, 3.05) is 7.11 Å². The Morgan fingerprint density at radius 3 is 2.30 bits per heavy atom. The Bertz CT molecular complexity index is 648. The van der Waals surface area contributed by atoms with E-state index in [1.807, 2.05) is 13.8 Å². The first-order valence-corrected chi connectivity index (χ1v) is 7.51. The number of halogens is 3. The second-order valence-electron chi connectivity index (χ2n) is 6.71. The average Bonchev–Trinajstić information content (AvgIpc) is 3.04. The van der Waals surface area contributed by atoms with E-state index < -0.39 is 23.4 Å². The van der Waals surface area contributed by atoms with Gasteiger partial charge in [0.1, 0.15) is 5.82 Å². The maximum absolute atomic E-state index is 14.2. The van der Waals surface area contributed by atoms with Crippen LogP contribution in [0.25, 0.3) is 0 Å². The van der Waals surface area contributed by atoms with Crippen LogP contribution in [0.1, 0.15) is 30.5 Å². The fourth-order valence-electron chi connectivity index (χ4n) is 3.24. The number of ether oxygens (including phenoxy) is 1. The number of hydrogen-bond donors (Lipinski definition) is 0. The van der Waals surface area contributed by atoms with Crippen LogP contribution in [0.3, 0.4) is 0 Å². The number of esters is 1. The summed E-state index contributed by atoms with van der Waals surface area (Å²) in [4.78, 5) is 11.2. The van der Waals surface area contributed by atoms with Gasteiger partial charge in [0.25, 0.3) is 0 Å². The van der Waals surface area contributed by atoms with Crippen molar-refractivity contribution in [1.29, 1.82) is 0 Å². The van der Waals surface area contributed by atoms with Crippen LogP contribution in [0.4, 0.5) is 13.2 Å². The molecule has 2 atom stereocenters. The summed E-state index contributed by atoms with van der Waals surface area (Å²) in [6.07, 6.45) is 3.30. The predicted octanol–water partition coefficient (Wildman–Crippen LogP) is 4.26. The van der Waals surface area contributed by atoms with Gasteiger partial charge in [0, 0.05) is 11.6 Å². The van der Waals surface area contributed by atoms with E-state index in [-0.39, 0.29) is 40.4 Å². The highest BCUT2D eigenvalue weighted by Crippen LogP contribution is 2.60. The minimum Gasteiger partial charge on any atom is -0.466 e. The van der Waals surface area contributed by atoms with Crippen LogP contribution in [-0.4, -0.2) is 13.1 Å². The Morgan fingerprint density at radius 1 is 1.13 bits per heavy atom. The van der Waals surface area contributed by atoms with Crippen molar-refractivity contribution in [3.63, 3.8) is 0 Å². The molecule has 1 fully saturated rings. The summed E-state index contributed by atoms with van der Waals surface area (Å²) in [7, 11) is 1.29. The summed E-state index contributed by atoms with van der Waals surface area (Å²) < 4.78 is 46.6. The van der Waals surface area contributed by atoms with Gasteiger partial charge < -0.3 is 4.74 Å². The lowest BCUT2D eigenvalue weighted by atomic mass is 9.96. The lowest BCUT2D eigenvalue weighted by molar-refractivity contribution is -0.134. The van der Waals surface area contributed by atoms with Gasteiger partial charge in [0.15, 0.2) is 11.6 Å². The van der Waals surface area contributed by atoms with Crippen LogP contribution in [0.5, 0.6) is 0 Å². The van der Waals surface area contributed by atoms with Gasteiger partial charge in [-0.2, -0.15) is 0 Å². The van der Waals surface area contributed by atoms with E-state index in [4.69, 9.17) is 0 Å². The Morgan fingerprint density at radius 2 is 1.74 bits per heavy atom. The molecule has 0 saturated heterocycles. The summed E-state index contributed by atoms with van der Waals surface area (Å²) in [6, 6.07) is 0. The van der Waals surface area contributed by atoms with Crippen molar-refractivity contribution >= 4 is 5.97 Å². The fourth-order valence-corrected chi connectivity index (χ4v) is 3.24. The molecule has 5 heteroatoms. The normalized spacial score (nSPS) is 22.4. The third-order valence-electron chi connectivity index (χ3n) is 5.10. The van der Waals surface area contributed by atoms with E-state index in [2.05, 4.69) is 4.74 Å². The van der Waals surface area contributed by atoms with E-state index in [0.717, 1.165) is 0 Å². The number of carbonyl (C=O) groups excluding carboxylic acids is 1. The van der Waals surface area contributed by atoms with Crippen LogP contribution in [-0.2, 0) is 16.0 Å². The van der Waals surface area contributed by atoms with Gasteiger partial charge in [0.2, 0.25) is 0 Å². The van der Waals surface area contributed by atoms with Crippen LogP contribution in [0.2, 0.25) is 0 Å². The van der Waals surface area contributed by atoms with Crippen LogP contribution in [0, 0.1) is 48.5 Å². The molecule has 1 aromatic rings. The van der Waals surface area contributed by atoms with Crippen molar-refractivity contribution in [2.24, 2.45) is 17.3 Å². The number of benzene rings is 1. The van der Waals surface area contributed by atoms with Gasteiger partial charge in [-0.1, -0.05) is 19.9 Å². The molecular weight excluding hydrogens is 305 g/mol. The van der Waals surface area contributed by atoms with E-state index in [9.17, 15) is 18.0 Å². The lowest BCUT2D eigenvalue weighted by Gasteiger charge is -2.12. The van der Waals surface area contributed by atoms with E-state index in [1.165, 1.54) is 27.0 Å². The van der Waals surface area contributed by atoms with Crippen molar-refractivity contribution in [3.05, 3.63) is 46.3 Å². The first kappa shape index (κ1) is 17.6. The topological polar surface area (TPSA) is 26.3 Å². The molecule has 1 aliphatic rings. The van der Waals surface area contributed by atoms with Crippen LogP contribution < -0.4 is 0 Å². The minimum absolute atomic E-state index is 0.0121. The molecule has 0 amide bonds. The summed E-state index contributed by atoms with van der Waals surface area (Å²) in [5.74, 6) is -3.20. The molecule has 0 radical (unpaired) electrons. The number of rotatable bonds is 4. The SMILES string of the molecule is COC(=O)/C=C\[C@H]1[C@@H](Cc2c(C)c(F)c(C)c(F)c2F)C1(C)C. The molecule has 0 heterocycles. The van der Waals surface area contributed by atoms with Crippen LogP contribution in [0.15, 0.2) is 12.2 Å². The zero-order chi connectivity index (χ0) is 17.5. The van der Waals surface area contributed by atoms with Gasteiger partial charge in [-0.05, 0) is 48.6 Å². The van der Waals surface area contributed by atoms with Gasteiger partial charge in [-0.25, -0.2) is 18.0 Å². The van der Waals surface area contributed by atoms with Gasteiger partial charge in [-0.3, -0.25) is 0 Å². The molecule has 0 spiro atoms. The van der Waals surface area contributed by atoms with Crippen molar-refractivity contribution in [3.8, 4) is 0 Å². The summed E-state index contributed by atoms with van der Waals surface area (Å²) in [6.45, 7) is 6.67. The third kappa shape index (κ3) is 3.01. The average molecular weight is 326 g/mol. The number of carbonyl (C=O) groups is 1. The van der Waals surface area contributed by atoms with E-state index in [1.54, 1.807) is 6.08 Å². The molecule has 0 aromatic heterocycles. The highest BCUT2D eigenvalue weighted by molar-refractivity contribution is 5.81.